The van der Waals surface area contributed by atoms with Crippen molar-refractivity contribution in [2.24, 2.45) is 11.7 Å². The summed E-state index contributed by atoms with van der Waals surface area (Å²) in [7, 11) is 4.24. The van der Waals surface area contributed by atoms with Crippen LogP contribution in [0, 0.1) is 11.7 Å². The molecule has 1 unspecified atom stereocenters. The average Bonchev–Trinajstić information content (AvgIpc) is 2.45. The van der Waals surface area contributed by atoms with Gasteiger partial charge in [0.15, 0.2) is 0 Å². The van der Waals surface area contributed by atoms with E-state index in [0.717, 1.165) is 31.1 Å². The molecule has 2 N–H and O–H groups in total. The van der Waals surface area contributed by atoms with Crippen molar-refractivity contribution in [3.05, 3.63) is 34.6 Å². The molecule has 2 rings (SSSR count). The van der Waals surface area contributed by atoms with E-state index >= 15 is 0 Å². The number of hydrogen-bond acceptors (Lipinski definition) is 3. The Labute approximate surface area is 131 Å². The van der Waals surface area contributed by atoms with Gasteiger partial charge in [-0.1, -0.05) is 17.7 Å². The second-order valence-electron chi connectivity index (χ2n) is 6.17. The highest BCUT2D eigenvalue weighted by Gasteiger charge is 2.25. The molecule has 1 saturated heterocycles. The first-order valence-corrected chi connectivity index (χ1v) is 7.93. The Kier molecular flexibility index (Phi) is 5.99. The fourth-order valence-electron chi connectivity index (χ4n) is 3.18. The van der Waals surface area contributed by atoms with Gasteiger partial charge < -0.3 is 10.6 Å². The van der Waals surface area contributed by atoms with E-state index < -0.39 is 0 Å². The number of hydrogen-bond donors (Lipinski definition) is 1. The van der Waals surface area contributed by atoms with Gasteiger partial charge >= 0.3 is 0 Å². The van der Waals surface area contributed by atoms with E-state index in [9.17, 15) is 4.39 Å². The third kappa shape index (κ3) is 4.39. The molecular weight excluding hydrogens is 289 g/mol. The highest BCUT2D eigenvalue weighted by molar-refractivity contribution is 6.30. The maximum atomic E-state index is 13.3. The Morgan fingerprint density at radius 3 is 2.57 bits per heavy atom. The molecule has 1 aliphatic rings. The summed E-state index contributed by atoms with van der Waals surface area (Å²) in [6.45, 7) is 3.74. The van der Waals surface area contributed by atoms with Crippen LogP contribution in [0.4, 0.5) is 4.39 Å². The topological polar surface area (TPSA) is 32.5 Å². The van der Waals surface area contributed by atoms with Crippen molar-refractivity contribution in [3.8, 4) is 0 Å². The molecular formula is C16H25ClFN3. The van der Waals surface area contributed by atoms with E-state index in [4.69, 9.17) is 17.3 Å². The number of likely N-dealkylation sites (tertiary alicyclic amines) is 1. The Bertz CT molecular complexity index is 459. The van der Waals surface area contributed by atoms with Crippen LogP contribution in [0.3, 0.4) is 0 Å². The molecule has 0 spiro atoms. The first-order chi connectivity index (χ1) is 10.0. The predicted octanol–water partition coefficient (Wildman–Crippen LogP) is 2.75. The predicted molar refractivity (Wildman–Crippen MR) is 86.1 cm³/mol. The minimum Gasteiger partial charge on any atom is -0.329 e. The molecule has 1 fully saturated rings. The number of halogens is 2. The Hall–Kier alpha value is -0.680. The molecule has 21 heavy (non-hydrogen) atoms. The van der Waals surface area contributed by atoms with Crippen LogP contribution >= 0.6 is 11.6 Å². The summed E-state index contributed by atoms with van der Waals surface area (Å²) in [5.74, 6) is 0.382. The summed E-state index contributed by atoms with van der Waals surface area (Å²) < 4.78 is 13.3. The maximum absolute atomic E-state index is 13.3. The van der Waals surface area contributed by atoms with E-state index in [1.807, 2.05) is 0 Å². The molecule has 1 heterocycles. The van der Waals surface area contributed by atoms with Crippen molar-refractivity contribution in [2.45, 2.75) is 18.9 Å². The van der Waals surface area contributed by atoms with Crippen LogP contribution < -0.4 is 5.73 Å². The summed E-state index contributed by atoms with van der Waals surface area (Å²) in [6.07, 6.45) is 2.37. The van der Waals surface area contributed by atoms with E-state index in [2.05, 4.69) is 23.9 Å². The zero-order valence-electron chi connectivity index (χ0n) is 12.9. The summed E-state index contributed by atoms with van der Waals surface area (Å²) in [5.41, 5.74) is 6.96. The summed E-state index contributed by atoms with van der Waals surface area (Å²) in [5, 5.41) is 0.174. The molecule has 0 bridgehead atoms. The Balaban J connectivity index is 2.00. The SMILES string of the molecule is CN(C)CC1CCN(C(CN)c2ccc(F)c(Cl)c2)CC1. The minimum atomic E-state index is -0.374. The Morgan fingerprint density at radius 1 is 1.38 bits per heavy atom. The maximum Gasteiger partial charge on any atom is 0.141 e. The highest BCUT2D eigenvalue weighted by atomic mass is 35.5. The van der Waals surface area contributed by atoms with Crippen LogP contribution in [0.5, 0.6) is 0 Å². The number of nitrogens with zero attached hydrogens (tertiary/aromatic N) is 2. The van der Waals surface area contributed by atoms with Gasteiger partial charge in [0.25, 0.3) is 0 Å². The molecule has 3 nitrogen and oxygen atoms in total. The summed E-state index contributed by atoms with van der Waals surface area (Å²) in [6, 6.07) is 5.06. The molecule has 5 heteroatoms. The molecule has 0 saturated carbocycles. The molecule has 1 aromatic carbocycles. The number of piperidine rings is 1. The first-order valence-electron chi connectivity index (χ1n) is 7.55. The second-order valence-corrected chi connectivity index (χ2v) is 6.57. The van der Waals surface area contributed by atoms with E-state index in [1.54, 1.807) is 12.1 Å². The molecule has 1 atom stereocenters. The quantitative estimate of drug-likeness (QED) is 0.907. The van der Waals surface area contributed by atoms with Gasteiger partial charge in [-0.2, -0.15) is 0 Å². The van der Waals surface area contributed by atoms with Crippen LogP contribution in [0.25, 0.3) is 0 Å². The van der Waals surface area contributed by atoms with Crippen LogP contribution in [0.15, 0.2) is 18.2 Å². The molecule has 0 radical (unpaired) electrons. The minimum absolute atomic E-state index is 0.128. The third-order valence-corrected chi connectivity index (χ3v) is 4.55. The number of benzene rings is 1. The first kappa shape index (κ1) is 16.7. The molecule has 0 amide bonds. The molecule has 1 aliphatic heterocycles. The van der Waals surface area contributed by atoms with Gasteiger partial charge in [-0.15, -0.1) is 0 Å². The van der Waals surface area contributed by atoms with Crippen molar-refractivity contribution in [1.29, 1.82) is 0 Å². The fourth-order valence-corrected chi connectivity index (χ4v) is 3.37. The van der Waals surface area contributed by atoms with Gasteiger partial charge in [0.05, 0.1) is 5.02 Å². The van der Waals surface area contributed by atoms with E-state index in [0.29, 0.717) is 6.54 Å². The zero-order valence-corrected chi connectivity index (χ0v) is 13.6. The van der Waals surface area contributed by atoms with Gasteiger partial charge in [0, 0.05) is 19.1 Å². The van der Waals surface area contributed by atoms with Crippen molar-refractivity contribution in [1.82, 2.24) is 9.80 Å². The average molecular weight is 314 g/mol. The lowest BCUT2D eigenvalue weighted by Crippen LogP contribution is -2.41. The van der Waals surface area contributed by atoms with Crippen molar-refractivity contribution < 1.29 is 4.39 Å². The fraction of sp³-hybridized carbons (Fsp3) is 0.625. The number of rotatable bonds is 5. The summed E-state index contributed by atoms with van der Waals surface area (Å²) in [4.78, 5) is 4.65. The van der Waals surface area contributed by atoms with Crippen molar-refractivity contribution >= 4 is 11.6 Å². The lowest BCUT2D eigenvalue weighted by molar-refractivity contribution is 0.122. The van der Waals surface area contributed by atoms with E-state index in [-0.39, 0.29) is 16.9 Å². The lowest BCUT2D eigenvalue weighted by Gasteiger charge is -2.38. The van der Waals surface area contributed by atoms with Crippen LogP contribution in [0.1, 0.15) is 24.4 Å². The van der Waals surface area contributed by atoms with Crippen LogP contribution in [-0.2, 0) is 0 Å². The number of nitrogens with two attached hydrogens (primary N) is 1. The monoisotopic (exact) mass is 313 g/mol. The molecule has 0 aromatic heterocycles. The third-order valence-electron chi connectivity index (χ3n) is 4.26. The zero-order chi connectivity index (χ0) is 15.4. The van der Waals surface area contributed by atoms with Crippen LogP contribution in [-0.4, -0.2) is 50.1 Å². The molecule has 0 aliphatic carbocycles. The van der Waals surface area contributed by atoms with Gasteiger partial charge in [-0.25, -0.2) is 4.39 Å². The van der Waals surface area contributed by atoms with Gasteiger partial charge in [0.2, 0.25) is 0 Å². The van der Waals surface area contributed by atoms with E-state index in [1.165, 1.54) is 18.9 Å². The standard InChI is InChI=1S/C16H25ClFN3/c1-20(2)11-12-5-7-21(8-6-12)16(10-19)13-3-4-15(18)14(17)9-13/h3-4,9,12,16H,5-8,10-11,19H2,1-2H3. The summed E-state index contributed by atoms with van der Waals surface area (Å²) >= 11 is 5.89. The molecule has 1 aromatic rings. The highest BCUT2D eigenvalue weighted by Crippen LogP contribution is 2.28. The normalized spacial score (nSPS) is 19.1. The van der Waals surface area contributed by atoms with Crippen molar-refractivity contribution in [2.75, 3.05) is 40.3 Å². The smallest absolute Gasteiger partial charge is 0.141 e. The van der Waals surface area contributed by atoms with Gasteiger partial charge in [0.1, 0.15) is 5.82 Å². The lowest BCUT2D eigenvalue weighted by atomic mass is 9.94. The van der Waals surface area contributed by atoms with Gasteiger partial charge in [-0.3, -0.25) is 4.90 Å². The van der Waals surface area contributed by atoms with Crippen LogP contribution in [0.2, 0.25) is 5.02 Å². The Morgan fingerprint density at radius 2 is 2.05 bits per heavy atom. The largest absolute Gasteiger partial charge is 0.329 e. The van der Waals surface area contributed by atoms with Crippen molar-refractivity contribution in [3.63, 3.8) is 0 Å². The second kappa shape index (κ2) is 7.54. The molecule has 118 valence electrons. The van der Waals surface area contributed by atoms with Gasteiger partial charge in [-0.05, 0) is 63.6 Å².